The molecule has 0 spiro atoms. The fourth-order valence-electron chi connectivity index (χ4n) is 1.30. The first-order valence-corrected chi connectivity index (χ1v) is 4.81. The van der Waals surface area contributed by atoms with Crippen molar-refractivity contribution in [2.45, 2.75) is 6.92 Å². The highest BCUT2D eigenvalue weighted by Crippen LogP contribution is 2.17. The molecule has 2 nitrogen and oxygen atoms in total. The minimum absolute atomic E-state index is 0.304. The van der Waals surface area contributed by atoms with Crippen LogP contribution < -0.4 is 5.32 Å². The lowest BCUT2D eigenvalue weighted by molar-refractivity contribution is 0.585. The lowest BCUT2D eigenvalue weighted by atomic mass is 10.2. The number of halogens is 2. The number of aryl methyl sites for hydroxylation is 1. The molecule has 1 heterocycles. The normalized spacial score (nSPS) is 10.2. The van der Waals surface area contributed by atoms with E-state index in [-0.39, 0.29) is 5.82 Å². The van der Waals surface area contributed by atoms with Gasteiger partial charge in [-0.05, 0) is 36.8 Å². The average molecular weight is 220 g/mol. The Morgan fingerprint density at radius 3 is 2.62 bits per heavy atom. The molecule has 0 atom stereocenters. The fraction of sp³-hybridized carbons (Fsp3) is 0.0833. The number of aromatic nitrogens is 1. The van der Waals surface area contributed by atoms with Gasteiger partial charge in [0.2, 0.25) is 5.95 Å². The Kier molecular flexibility index (Phi) is 2.81. The van der Waals surface area contributed by atoms with Gasteiger partial charge < -0.3 is 5.32 Å². The average Bonchev–Trinajstić information content (AvgIpc) is 2.24. The summed E-state index contributed by atoms with van der Waals surface area (Å²) < 4.78 is 26.0. The van der Waals surface area contributed by atoms with Crippen LogP contribution in [0.25, 0.3) is 0 Å². The zero-order valence-corrected chi connectivity index (χ0v) is 8.67. The summed E-state index contributed by atoms with van der Waals surface area (Å²) in [6.45, 7) is 1.68. The van der Waals surface area contributed by atoms with E-state index < -0.39 is 5.95 Å². The fourth-order valence-corrected chi connectivity index (χ4v) is 1.30. The van der Waals surface area contributed by atoms with Crippen molar-refractivity contribution in [3.05, 3.63) is 53.7 Å². The van der Waals surface area contributed by atoms with Crippen molar-refractivity contribution in [2.24, 2.45) is 0 Å². The van der Waals surface area contributed by atoms with E-state index in [1.165, 1.54) is 18.2 Å². The first-order valence-electron chi connectivity index (χ1n) is 4.81. The summed E-state index contributed by atoms with van der Waals surface area (Å²) >= 11 is 0. The number of nitrogens with zero attached hydrogens (tertiary/aromatic N) is 1. The van der Waals surface area contributed by atoms with E-state index in [2.05, 4.69) is 10.3 Å². The number of rotatable bonds is 2. The minimum Gasteiger partial charge on any atom is -0.340 e. The van der Waals surface area contributed by atoms with Gasteiger partial charge in [-0.2, -0.15) is 4.39 Å². The van der Waals surface area contributed by atoms with Crippen molar-refractivity contribution in [3.63, 3.8) is 0 Å². The van der Waals surface area contributed by atoms with Gasteiger partial charge in [-0.1, -0.05) is 12.1 Å². The summed E-state index contributed by atoms with van der Waals surface area (Å²) in [4.78, 5) is 3.62. The maximum atomic E-state index is 13.2. The van der Waals surface area contributed by atoms with E-state index in [0.717, 1.165) is 0 Å². The van der Waals surface area contributed by atoms with Crippen molar-refractivity contribution in [3.8, 4) is 0 Å². The summed E-state index contributed by atoms with van der Waals surface area (Å²) in [7, 11) is 0. The summed E-state index contributed by atoms with van der Waals surface area (Å²) in [6.07, 6.45) is 0. The molecule has 0 aliphatic heterocycles. The Bertz CT molecular complexity index is 512. The molecule has 2 aromatic rings. The number of anilines is 2. The molecule has 0 unspecified atom stereocenters. The van der Waals surface area contributed by atoms with Gasteiger partial charge in [-0.3, -0.25) is 0 Å². The second-order valence-electron chi connectivity index (χ2n) is 3.43. The van der Waals surface area contributed by atoms with E-state index in [4.69, 9.17) is 0 Å². The maximum absolute atomic E-state index is 13.2. The van der Waals surface area contributed by atoms with E-state index >= 15 is 0 Å². The van der Waals surface area contributed by atoms with E-state index in [9.17, 15) is 8.78 Å². The molecule has 16 heavy (non-hydrogen) atoms. The highest BCUT2D eigenvalue weighted by atomic mass is 19.1. The molecule has 0 saturated heterocycles. The van der Waals surface area contributed by atoms with Gasteiger partial charge in [0.05, 0.1) is 0 Å². The van der Waals surface area contributed by atoms with Crippen molar-refractivity contribution >= 4 is 11.5 Å². The van der Waals surface area contributed by atoms with Crippen LogP contribution in [0.1, 0.15) is 5.56 Å². The molecule has 1 aromatic carbocycles. The third-order valence-electron chi connectivity index (χ3n) is 2.16. The Morgan fingerprint density at radius 1 is 1.12 bits per heavy atom. The molecule has 1 aromatic heterocycles. The quantitative estimate of drug-likeness (QED) is 0.784. The van der Waals surface area contributed by atoms with Crippen LogP contribution in [0.4, 0.5) is 20.3 Å². The third-order valence-corrected chi connectivity index (χ3v) is 2.16. The highest BCUT2D eigenvalue weighted by Gasteiger charge is 2.01. The van der Waals surface area contributed by atoms with Crippen LogP contribution in [-0.4, -0.2) is 4.98 Å². The molecule has 0 aliphatic carbocycles. The molecule has 1 N–H and O–H groups in total. The smallest absolute Gasteiger partial charge is 0.214 e. The van der Waals surface area contributed by atoms with Gasteiger partial charge in [-0.25, -0.2) is 9.37 Å². The summed E-state index contributed by atoms with van der Waals surface area (Å²) in [5, 5.41) is 2.82. The maximum Gasteiger partial charge on any atom is 0.214 e. The molecule has 0 fully saturated rings. The first-order chi connectivity index (χ1) is 7.65. The minimum atomic E-state index is -0.572. The molecule has 82 valence electrons. The highest BCUT2D eigenvalue weighted by molar-refractivity contribution is 5.56. The van der Waals surface area contributed by atoms with Gasteiger partial charge in [0.15, 0.2) is 0 Å². The van der Waals surface area contributed by atoms with E-state index in [1.54, 1.807) is 25.1 Å². The Labute approximate surface area is 92.0 Å². The first kappa shape index (κ1) is 10.5. The van der Waals surface area contributed by atoms with Gasteiger partial charge in [0, 0.05) is 5.69 Å². The standard InChI is InChI=1S/C12H10F2N2/c1-8-5-6-9(7-10(8)13)15-12-4-2-3-11(14)16-12/h2-7H,1H3,(H,15,16). The van der Waals surface area contributed by atoms with Gasteiger partial charge in [-0.15, -0.1) is 0 Å². The molecule has 2 rings (SSSR count). The summed E-state index contributed by atoms with van der Waals surface area (Å²) in [5.74, 6) is -0.526. The Morgan fingerprint density at radius 2 is 1.94 bits per heavy atom. The van der Waals surface area contributed by atoms with E-state index in [0.29, 0.717) is 17.1 Å². The Balaban J connectivity index is 2.24. The van der Waals surface area contributed by atoms with Crippen molar-refractivity contribution < 1.29 is 8.78 Å². The lowest BCUT2D eigenvalue weighted by Gasteiger charge is -2.06. The molecule has 0 saturated carbocycles. The second-order valence-corrected chi connectivity index (χ2v) is 3.43. The number of hydrogen-bond donors (Lipinski definition) is 1. The second kappa shape index (κ2) is 4.26. The van der Waals surface area contributed by atoms with Gasteiger partial charge in [0.1, 0.15) is 11.6 Å². The van der Waals surface area contributed by atoms with Crippen molar-refractivity contribution in [1.82, 2.24) is 4.98 Å². The Hall–Kier alpha value is -1.97. The molecule has 0 bridgehead atoms. The van der Waals surface area contributed by atoms with Crippen molar-refractivity contribution in [2.75, 3.05) is 5.32 Å². The number of nitrogens with one attached hydrogen (secondary N) is 1. The molecule has 0 radical (unpaired) electrons. The number of hydrogen-bond acceptors (Lipinski definition) is 2. The van der Waals surface area contributed by atoms with Crippen LogP contribution in [0, 0.1) is 18.7 Å². The third kappa shape index (κ3) is 2.34. The molecular formula is C12H10F2N2. The van der Waals surface area contributed by atoms with Crippen LogP contribution in [0.2, 0.25) is 0 Å². The van der Waals surface area contributed by atoms with Crippen molar-refractivity contribution in [1.29, 1.82) is 0 Å². The number of pyridine rings is 1. The van der Waals surface area contributed by atoms with Crippen LogP contribution in [-0.2, 0) is 0 Å². The van der Waals surface area contributed by atoms with Gasteiger partial charge >= 0.3 is 0 Å². The number of benzene rings is 1. The molecule has 0 amide bonds. The van der Waals surface area contributed by atoms with Crippen LogP contribution in [0.5, 0.6) is 0 Å². The molecular weight excluding hydrogens is 210 g/mol. The van der Waals surface area contributed by atoms with Crippen LogP contribution >= 0.6 is 0 Å². The SMILES string of the molecule is Cc1ccc(Nc2cccc(F)n2)cc1F. The predicted octanol–water partition coefficient (Wildman–Crippen LogP) is 3.41. The van der Waals surface area contributed by atoms with Crippen LogP contribution in [0.15, 0.2) is 36.4 Å². The predicted molar refractivity (Wildman–Crippen MR) is 58.6 cm³/mol. The van der Waals surface area contributed by atoms with E-state index in [1.807, 2.05) is 0 Å². The molecule has 4 heteroatoms. The van der Waals surface area contributed by atoms with Gasteiger partial charge in [0.25, 0.3) is 0 Å². The largest absolute Gasteiger partial charge is 0.340 e. The zero-order valence-electron chi connectivity index (χ0n) is 8.67. The lowest BCUT2D eigenvalue weighted by Crippen LogP contribution is -1.95. The topological polar surface area (TPSA) is 24.9 Å². The van der Waals surface area contributed by atoms with Crippen LogP contribution in [0.3, 0.4) is 0 Å². The summed E-state index contributed by atoms with van der Waals surface area (Å²) in [5.41, 5.74) is 1.11. The zero-order chi connectivity index (χ0) is 11.5. The summed E-state index contributed by atoms with van der Waals surface area (Å²) in [6, 6.07) is 9.11. The molecule has 0 aliphatic rings. The monoisotopic (exact) mass is 220 g/mol.